The lowest BCUT2D eigenvalue weighted by atomic mass is 9.59. The molecule has 210 valence electrons. The number of aliphatic hydroxyl groups excluding tert-OH is 2. The van der Waals surface area contributed by atoms with Crippen molar-refractivity contribution in [3.05, 3.63) is 64.4 Å². The molecule has 9 nitrogen and oxygen atoms in total. The maximum absolute atomic E-state index is 13.9. The van der Waals surface area contributed by atoms with Gasteiger partial charge in [0, 0.05) is 37.7 Å². The molecule has 3 atom stereocenters. The van der Waals surface area contributed by atoms with E-state index in [0.29, 0.717) is 24.3 Å². The Bertz CT molecular complexity index is 1470. The van der Waals surface area contributed by atoms with E-state index in [-0.39, 0.29) is 24.2 Å². The van der Waals surface area contributed by atoms with Crippen molar-refractivity contribution in [3.63, 3.8) is 0 Å². The fraction of sp³-hybridized carbons (Fsp3) is 0.387. The summed E-state index contributed by atoms with van der Waals surface area (Å²) in [5.74, 6) is -5.30. The molecule has 2 aromatic carbocycles. The monoisotopic (exact) mass is 546 g/mol. The number of unbranched alkanes of at least 4 members (excludes halogenated alkanes) is 1. The Labute approximate surface area is 232 Å². The molecule has 0 radical (unpaired) electrons. The first-order valence-electron chi connectivity index (χ1n) is 13.5. The quantitative estimate of drug-likeness (QED) is 0.304. The van der Waals surface area contributed by atoms with Crippen LogP contribution in [-0.4, -0.2) is 59.1 Å². The number of primary amides is 1. The number of carbonyl (C=O) groups is 3. The summed E-state index contributed by atoms with van der Waals surface area (Å²) in [4.78, 5) is 40.4. The van der Waals surface area contributed by atoms with Gasteiger partial charge in [0.05, 0.1) is 12.2 Å². The molecular formula is C31H34N2O7. The second-order valence-corrected chi connectivity index (χ2v) is 11.0. The number of anilines is 1. The molecule has 1 saturated carbocycles. The van der Waals surface area contributed by atoms with E-state index in [9.17, 15) is 29.7 Å². The maximum Gasteiger partial charge on any atom is 0.255 e. The molecule has 5 N–H and O–H groups in total. The molecule has 9 heteroatoms. The minimum Gasteiger partial charge on any atom is -0.508 e. The number of nitrogens with two attached hydrogens (primary N) is 1. The van der Waals surface area contributed by atoms with E-state index < -0.39 is 46.2 Å². The lowest BCUT2D eigenvalue weighted by Crippen LogP contribution is -2.58. The van der Waals surface area contributed by atoms with Crippen LogP contribution in [-0.2, 0) is 20.8 Å². The van der Waals surface area contributed by atoms with Gasteiger partial charge in [0.1, 0.15) is 22.8 Å². The zero-order chi connectivity index (χ0) is 28.9. The topological polar surface area (TPSA) is 150 Å². The summed E-state index contributed by atoms with van der Waals surface area (Å²) in [5, 5.41) is 34.0. The van der Waals surface area contributed by atoms with Crippen LogP contribution >= 0.6 is 0 Å². The van der Waals surface area contributed by atoms with Crippen LogP contribution in [0.4, 0.5) is 5.69 Å². The first kappa shape index (κ1) is 27.5. The lowest BCUT2D eigenvalue weighted by molar-refractivity contribution is -0.147. The Kier molecular flexibility index (Phi) is 6.95. The van der Waals surface area contributed by atoms with E-state index in [4.69, 9.17) is 10.5 Å². The van der Waals surface area contributed by atoms with Crippen molar-refractivity contribution in [2.45, 2.75) is 44.6 Å². The summed E-state index contributed by atoms with van der Waals surface area (Å²) in [5.41, 5.74) is 5.96. The van der Waals surface area contributed by atoms with Crippen molar-refractivity contribution in [1.29, 1.82) is 0 Å². The van der Waals surface area contributed by atoms with Crippen molar-refractivity contribution in [2.75, 3.05) is 25.6 Å². The highest BCUT2D eigenvalue weighted by molar-refractivity contribution is 6.22. The molecule has 1 amide bonds. The van der Waals surface area contributed by atoms with Gasteiger partial charge in [-0.2, -0.15) is 0 Å². The molecule has 3 aliphatic carbocycles. The Balaban J connectivity index is 1.68. The SMILES string of the molecule is CCCCOc1ccc(-c2ccc(N(C)C)cc2)c2c1C(O)=C1C(=O)[C@]3(O)C(O)=C(C(N)=O)C(=O)C[C@@H]3C[C@@H]1C2. The van der Waals surface area contributed by atoms with Crippen LogP contribution in [0.1, 0.15) is 43.7 Å². The highest BCUT2D eigenvalue weighted by Gasteiger charge is 2.60. The Morgan fingerprint density at radius 1 is 1.10 bits per heavy atom. The van der Waals surface area contributed by atoms with Crippen LogP contribution in [0.5, 0.6) is 5.75 Å². The van der Waals surface area contributed by atoms with Crippen molar-refractivity contribution in [1.82, 2.24) is 0 Å². The molecular weight excluding hydrogens is 512 g/mol. The summed E-state index contributed by atoms with van der Waals surface area (Å²) in [6, 6.07) is 11.7. The smallest absolute Gasteiger partial charge is 0.255 e. The highest BCUT2D eigenvalue weighted by atomic mass is 16.5. The normalized spacial score (nSPS) is 23.9. The zero-order valence-corrected chi connectivity index (χ0v) is 22.9. The third kappa shape index (κ3) is 4.16. The van der Waals surface area contributed by atoms with E-state index in [0.717, 1.165) is 35.2 Å². The predicted octanol–water partition coefficient (Wildman–Crippen LogP) is 3.63. The maximum atomic E-state index is 13.9. The number of aliphatic hydroxyl groups is 3. The summed E-state index contributed by atoms with van der Waals surface area (Å²) in [7, 11) is 3.92. The molecule has 0 unspecified atom stereocenters. The minimum atomic E-state index is -2.53. The molecule has 3 aliphatic rings. The van der Waals surface area contributed by atoms with Gasteiger partial charge in [-0.25, -0.2) is 0 Å². The molecule has 0 bridgehead atoms. The van der Waals surface area contributed by atoms with Crippen molar-refractivity contribution in [3.8, 4) is 16.9 Å². The number of Topliss-reactive ketones (excluding diaryl/α,β-unsaturated/α-hetero) is 2. The number of amides is 1. The van der Waals surface area contributed by atoms with E-state index in [1.165, 1.54) is 0 Å². The van der Waals surface area contributed by atoms with E-state index in [1.54, 1.807) is 6.07 Å². The van der Waals surface area contributed by atoms with Gasteiger partial charge in [-0.3, -0.25) is 14.4 Å². The molecule has 0 aliphatic heterocycles. The van der Waals surface area contributed by atoms with Gasteiger partial charge in [0.25, 0.3) is 5.91 Å². The van der Waals surface area contributed by atoms with Gasteiger partial charge >= 0.3 is 0 Å². The van der Waals surface area contributed by atoms with Crippen LogP contribution in [0.15, 0.2) is 53.3 Å². The van der Waals surface area contributed by atoms with Crippen LogP contribution in [0.2, 0.25) is 0 Å². The minimum absolute atomic E-state index is 0.0450. The van der Waals surface area contributed by atoms with Crippen molar-refractivity contribution < 1.29 is 34.4 Å². The van der Waals surface area contributed by atoms with E-state index in [1.807, 2.05) is 56.3 Å². The largest absolute Gasteiger partial charge is 0.508 e. The number of fused-ring (bicyclic) bond motifs is 3. The number of ether oxygens (including phenoxy) is 1. The third-order valence-electron chi connectivity index (χ3n) is 8.38. The van der Waals surface area contributed by atoms with Gasteiger partial charge in [-0.1, -0.05) is 31.5 Å². The second kappa shape index (κ2) is 10.1. The average Bonchev–Trinajstić information content (AvgIpc) is 2.90. The van der Waals surface area contributed by atoms with Crippen LogP contribution in [0, 0.1) is 11.8 Å². The van der Waals surface area contributed by atoms with E-state index in [2.05, 4.69) is 0 Å². The van der Waals surface area contributed by atoms with E-state index >= 15 is 0 Å². The number of ketones is 2. The molecule has 0 spiro atoms. The highest BCUT2D eigenvalue weighted by Crippen LogP contribution is 2.53. The lowest BCUT2D eigenvalue weighted by Gasteiger charge is -2.46. The van der Waals surface area contributed by atoms with Gasteiger partial charge in [0.2, 0.25) is 5.78 Å². The number of nitrogens with zero attached hydrogens (tertiary/aromatic N) is 1. The standard InChI is InChI=1S/C31H34N2O7/c1-4-5-12-40-23-11-10-20(16-6-8-19(9-7-16)33(2)3)21-14-17-13-18-15-22(34)26(30(32)38)29(37)31(18,39)28(36)24(17)27(35)25(21)23/h6-11,17-18,35,37,39H,4-5,12-15H2,1-3H3,(H2,32,38)/t17-,18+,31+/m1/s1. The van der Waals surface area contributed by atoms with Gasteiger partial charge in [0.15, 0.2) is 11.4 Å². The zero-order valence-electron chi connectivity index (χ0n) is 22.9. The Morgan fingerprint density at radius 2 is 1.80 bits per heavy atom. The van der Waals surface area contributed by atoms with Crippen LogP contribution in [0.3, 0.4) is 0 Å². The fourth-order valence-electron chi connectivity index (χ4n) is 6.26. The summed E-state index contributed by atoms with van der Waals surface area (Å²) < 4.78 is 6.05. The Morgan fingerprint density at radius 3 is 2.42 bits per heavy atom. The summed E-state index contributed by atoms with van der Waals surface area (Å²) in [6.45, 7) is 2.45. The second-order valence-electron chi connectivity index (χ2n) is 11.0. The van der Waals surface area contributed by atoms with Crippen molar-refractivity contribution >= 4 is 28.9 Å². The van der Waals surface area contributed by atoms with Gasteiger partial charge in [-0.15, -0.1) is 0 Å². The number of benzene rings is 2. The predicted molar refractivity (Wildman–Crippen MR) is 150 cm³/mol. The first-order chi connectivity index (χ1) is 19.0. The van der Waals surface area contributed by atoms with Crippen LogP contribution < -0.4 is 15.4 Å². The van der Waals surface area contributed by atoms with Crippen molar-refractivity contribution in [2.24, 2.45) is 17.6 Å². The number of carbonyl (C=O) groups excluding carboxylic acids is 3. The molecule has 0 heterocycles. The number of rotatable bonds is 7. The van der Waals surface area contributed by atoms with Crippen LogP contribution in [0.25, 0.3) is 16.9 Å². The average molecular weight is 547 g/mol. The van der Waals surface area contributed by atoms with Gasteiger partial charge < -0.3 is 30.7 Å². The molecule has 0 aromatic heterocycles. The number of hydrogen-bond acceptors (Lipinski definition) is 8. The van der Waals surface area contributed by atoms with Gasteiger partial charge in [-0.05, 0) is 60.1 Å². The molecule has 1 fully saturated rings. The molecule has 40 heavy (non-hydrogen) atoms. The third-order valence-corrected chi connectivity index (χ3v) is 8.38. The molecule has 5 rings (SSSR count). The molecule has 2 aromatic rings. The molecule has 0 saturated heterocycles. The summed E-state index contributed by atoms with van der Waals surface area (Å²) >= 11 is 0. The fourth-order valence-corrected chi connectivity index (χ4v) is 6.26. The first-order valence-corrected chi connectivity index (χ1v) is 13.5. The number of hydrogen-bond donors (Lipinski definition) is 4. The summed E-state index contributed by atoms with van der Waals surface area (Å²) in [6.07, 6.45) is 1.88. The Hall–Kier alpha value is -4.11.